The Morgan fingerprint density at radius 2 is 1.97 bits per heavy atom. The van der Waals surface area contributed by atoms with E-state index in [1.54, 1.807) is 0 Å². The van der Waals surface area contributed by atoms with Crippen molar-refractivity contribution in [2.75, 3.05) is 32.7 Å². The van der Waals surface area contributed by atoms with Crippen molar-refractivity contribution in [2.24, 2.45) is 10.9 Å². The molecule has 0 aromatic rings. The Balaban J connectivity index is 0.00000784. The highest BCUT2D eigenvalue weighted by atomic mass is 127. The van der Waals surface area contributed by atoms with Crippen LogP contribution >= 0.6 is 24.0 Å². The van der Waals surface area contributed by atoms with Gasteiger partial charge in [0.2, 0.25) is 5.91 Å². The number of ether oxygens (including phenoxy) is 1. The lowest BCUT2D eigenvalue weighted by molar-refractivity contribution is -0.127. The highest BCUT2D eigenvalue weighted by Gasteiger charge is 2.21. The molecule has 3 N–H and O–H groups in total. The van der Waals surface area contributed by atoms with Crippen molar-refractivity contribution in [3.8, 4) is 0 Å². The van der Waals surface area contributed by atoms with Crippen LogP contribution in [0.1, 0.15) is 60.8 Å². The SMILES string of the molecule is CCNC(=NCC(NC(=O)OC(C)(C)C)C(C)C)NCCCN1CCCC1=O.I. The summed E-state index contributed by atoms with van der Waals surface area (Å²) in [6.07, 6.45) is 2.10. The van der Waals surface area contributed by atoms with Crippen LogP contribution in [0.4, 0.5) is 4.79 Å². The predicted molar refractivity (Wildman–Crippen MR) is 128 cm³/mol. The highest BCUT2D eigenvalue weighted by Crippen LogP contribution is 2.10. The van der Waals surface area contributed by atoms with Crippen LogP contribution < -0.4 is 16.0 Å². The first kappa shape index (κ1) is 27.7. The number of alkyl carbamates (subject to hydrolysis) is 1. The molecule has 1 heterocycles. The van der Waals surface area contributed by atoms with Gasteiger partial charge in [-0.05, 0) is 46.5 Å². The van der Waals surface area contributed by atoms with Crippen molar-refractivity contribution >= 4 is 41.9 Å². The number of likely N-dealkylation sites (tertiary alicyclic amines) is 1. The molecule has 0 aliphatic carbocycles. The van der Waals surface area contributed by atoms with Gasteiger partial charge in [-0.3, -0.25) is 9.79 Å². The van der Waals surface area contributed by atoms with E-state index in [-0.39, 0.29) is 41.8 Å². The molecule has 9 heteroatoms. The zero-order valence-electron chi connectivity index (χ0n) is 18.8. The molecule has 0 bridgehead atoms. The van der Waals surface area contributed by atoms with Crippen LogP contribution in [0, 0.1) is 5.92 Å². The fourth-order valence-corrected chi connectivity index (χ4v) is 2.83. The van der Waals surface area contributed by atoms with E-state index >= 15 is 0 Å². The van der Waals surface area contributed by atoms with Crippen LogP contribution in [-0.2, 0) is 9.53 Å². The number of nitrogens with zero attached hydrogens (tertiary/aromatic N) is 2. The van der Waals surface area contributed by atoms with Crippen LogP contribution in [-0.4, -0.2) is 67.2 Å². The van der Waals surface area contributed by atoms with E-state index in [1.807, 2.05) is 46.4 Å². The Hall–Kier alpha value is -1.26. The number of rotatable bonds is 9. The van der Waals surface area contributed by atoms with Crippen molar-refractivity contribution in [1.29, 1.82) is 0 Å². The van der Waals surface area contributed by atoms with Gasteiger partial charge in [-0.1, -0.05) is 13.8 Å². The number of hydrogen-bond donors (Lipinski definition) is 3. The summed E-state index contributed by atoms with van der Waals surface area (Å²) in [5.41, 5.74) is -0.526. The number of aliphatic imine (C=N–C) groups is 1. The Kier molecular flexibility index (Phi) is 13.3. The molecule has 0 saturated carbocycles. The average molecular weight is 525 g/mol. The lowest BCUT2D eigenvalue weighted by atomic mass is 10.1. The molecule has 0 aromatic carbocycles. The van der Waals surface area contributed by atoms with Gasteiger partial charge in [0, 0.05) is 32.6 Å². The number of nitrogens with one attached hydrogen (secondary N) is 3. The smallest absolute Gasteiger partial charge is 0.407 e. The van der Waals surface area contributed by atoms with Crippen LogP contribution in [0.15, 0.2) is 4.99 Å². The molecule has 0 spiro atoms. The fraction of sp³-hybridized carbons (Fsp3) is 0.850. The first-order chi connectivity index (χ1) is 13.1. The quantitative estimate of drug-likeness (QED) is 0.186. The zero-order chi connectivity index (χ0) is 21.2. The number of amides is 2. The summed E-state index contributed by atoms with van der Waals surface area (Å²) in [5, 5.41) is 9.43. The van der Waals surface area contributed by atoms with Crippen molar-refractivity contribution < 1.29 is 14.3 Å². The third kappa shape index (κ3) is 12.1. The molecule has 0 radical (unpaired) electrons. The Morgan fingerprint density at radius 1 is 1.28 bits per heavy atom. The van der Waals surface area contributed by atoms with E-state index in [2.05, 4.69) is 20.9 Å². The third-order valence-corrected chi connectivity index (χ3v) is 4.37. The maximum absolute atomic E-state index is 12.1. The van der Waals surface area contributed by atoms with Crippen molar-refractivity contribution in [1.82, 2.24) is 20.9 Å². The first-order valence-corrected chi connectivity index (χ1v) is 10.4. The molecule has 1 atom stereocenters. The summed E-state index contributed by atoms with van der Waals surface area (Å²) < 4.78 is 5.35. The molecular formula is C20H40IN5O3. The molecule has 1 rings (SSSR count). The minimum atomic E-state index is -0.526. The average Bonchev–Trinajstić information content (AvgIpc) is 2.98. The van der Waals surface area contributed by atoms with E-state index < -0.39 is 11.7 Å². The van der Waals surface area contributed by atoms with Gasteiger partial charge in [-0.15, -0.1) is 24.0 Å². The van der Waals surface area contributed by atoms with E-state index in [4.69, 9.17) is 4.74 Å². The monoisotopic (exact) mass is 525 g/mol. The van der Waals surface area contributed by atoms with E-state index in [0.29, 0.717) is 18.9 Å². The molecule has 170 valence electrons. The Bertz CT molecular complexity index is 535. The minimum Gasteiger partial charge on any atom is -0.444 e. The lowest BCUT2D eigenvalue weighted by Crippen LogP contribution is -2.45. The van der Waals surface area contributed by atoms with Gasteiger partial charge in [0.1, 0.15) is 5.60 Å². The summed E-state index contributed by atoms with van der Waals surface area (Å²) in [7, 11) is 0. The van der Waals surface area contributed by atoms with Crippen LogP contribution in [0.5, 0.6) is 0 Å². The van der Waals surface area contributed by atoms with Gasteiger partial charge < -0.3 is 25.6 Å². The third-order valence-electron chi connectivity index (χ3n) is 4.37. The second kappa shape index (κ2) is 13.9. The molecule has 1 aliphatic rings. The van der Waals surface area contributed by atoms with Gasteiger partial charge in [0.25, 0.3) is 0 Å². The van der Waals surface area contributed by atoms with Gasteiger partial charge >= 0.3 is 6.09 Å². The molecular weight excluding hydrogens is 485 g/mol. The summed E-state index contributed by atoms with van der Waals surface area (Å²) in [6.45, 7) is 15.2. The molecule has 1 fully saturated rings. The van der Waals surface area contributed by atoms with E-state index in [0.717, 1.165) is 39.0 Å². The van der Waals surface area contributed by atoms with Gasteiger partial charge in [0.05, 0.1) is 12.6 Å². The van der Waals surface area contributed by atoms with E-state index in [1.165, 1.54) is 0 Å². The summed E-state index contributed by atoms with van der Waals surface area (Å²) in [6, 6.07) is -0.118. The summed E-state index contributed by atoms with van der Waals surface area (Å²) in [4.78, 5) is 30.2. The maximum Gasteiger partial charge on any atom is 0.407 e. The van der Waals surface area contributed by atoms with Crippen molar-refractivity contribution in [2.45, 2.75) is 72.4 Å². The van der Waals surface area contributed by atoms with E-state index in [9.17, 15) is 9.59 Å². The van der Waals surface area contributed by atoms with Crippen molar-refractivity contribution in [3.05, 3.63) is 0 Å². The number of guanidine groups is 1. The first-order valence-electron chi connectivity index (χ1n) is 10.4. The fourth-order valence-electron chi connectivity index (χ4n) is 2.83. The molecule has 1 saturated heterocycles. The lowest BCUT2D eigenvalue weighted by Gasteiger charge is -2.25. The number of halogens is 1. The van der Waals surface area contributed by atoms with Crippen LogP contribution in [0.3, 0.4) is 0 Å². The van der Waals surface area contributed by atoms with Crippen LogP contribution in [0.2, 0.25) is 0 Å². The van der Waals surface area contributed by atoms with Gasteiger partial charge in [-0.2, -0.15) is 0 Å². The van der Waals surface area contributed by atoms with Crippen molar-refractivity contribution in [3.63, 3.8) is 0 Å². The highest BCUT2D eigenvalue weighted by molar-refractivity contribution is 14.0. The largest absolute Gasteiger partial charge is 0.444 e. The summed E-state index contributed by atoms with van der Waals surface area (Å²) in [5.74, 6) is 1.20. The second-order valence-electron chi connectivity index (χ2n) is 8.48. The maximum atomic E-state index is 12.1. The number of carbonyl (C=O) groups is 2. The Labute approximate surface area is 193 Å². The Morgan fingerprint density at radius 3 is 2.48 bits per heavy atom. The minimum absolute atomic E-state index is 0. The number of hydrogen-bond acceptors (Lipinski definition) is 4. The number of carbonyl (C=O) groups excluding carboxylic acids is 2. The molecule has 0 aromatic heterocycles. The molecule has 2 amide bonds. The topological polar surface area (TPSA) is 95.1 Å². The predicted octanol–water partition coefficient (Wildman–Crippen LogP) is 2.72. The van der Waals surface area contributed by atoms with Gasteiger partial charge in [0.15, 0.2) is 5.96 Å². The molecule has 29 heavy (non-hydrogen) atoms. The molecule has 1 unspecified atom stereocenters. The second-order valence-corrected chi connectivity index (χ2v) is 8.48. The molecule has 8 nitrogen and oxygen atoms in total. The van der Waals surface area contributed by atoms with Gasteiger partial charge in [-0.25, -0.2) is 4.79 Å². The molecule has 1 aliphatic heterocycles. The summed E-state index contributed by atoms with van der Waals surface area (Å²) >= 11 is 0. The standard InChI is InChI=1S/C20H39N5O3.HI/c1-7-21-18(22-11-9-13-25-12-8-10-17(25)26)23-14-16(15(2)3)24-19(27)28-20(4,5)6;/h15-16H,7-14H2,1-6H3,(H,24,27)(H2,21,22,23);1H. The zero-order valence-corrected chi connectivity index (χ0v) is 21.2. The van der Waals surface area contributed by atoms with Crippen LogP contribution in [0.25, 0.3) is 0 Å². The normalized spacial score (nSPS) is 15.8.